The number of ketones is 1. The Labute approximate surface area is 149 Å². The molecule has 24 heavy (non-hydrogen) atoms. The van der Waals surface area contributed by atoms with Crippen molar-refractivity contribution in [1.82, 2.24) is 0 Å². The SMILES string of the molecule is CCCCCC(O)CSC1C=CC(=O)C1C/C=C\CCCC(=O)O. The molecule has 0 aromatic rings. The van der Waals surface area contributed by atoms with Gasteiger partial charge in [-0.2, -0.15) is 11.8 Å². The number of unbranched alkanes of at least 4 members (excludes halogenated alkanes) is 3. The third kappa shape index (κ3) is 8.69. The lowest BCUT2D eigenvalue weighted by atomic mass is 10.0. The van der Waals surface area contributed by atoms with Crippen molar-refractivity contribution in [3.05, 3.63) is 24.3 Å². The molecule has 136 valence electrons. The first-order chi connectivity index (χ1) is 11.5. The number of carboxylic acid groups (broad SMARTS) is 1. The van der Waals surface area contributed by atoms with Crippen LogP contribution in [-0.4, -0.2) is 39.1 Å². The maximum atomic E-state index is 12.0. The summed E-state index contributed by atoms with van der Waals surface area (Å²) in [4.78, 5) is 22.4. The minimum atomic E-state index is -0.771. The maximum absolute atomic E-state index is 12.0. The Kier molecular flexibility index (Phi) is 10.8. The minimum Gasteiger partial charge on any atom is -0.481 e. The fraction of sp³-hybridized carbons (Fsp3) is 0.684. The summed E-state index contributed by atoms with van der Waals surface area (Å²) in [5.74, 6) is 0.00873. The smallest absolute Gasteiger partial charge is 0.303 e. The van der Waals surface area contributed by atoms with Gasteiger partial charge in [-0.3, -0.25) is 9.59 Å². The molecular weight excluding hydrogens is 324 g/mol. The molecule has 1 aliphatic rings. The molecule has 0 heterocycles. The van der Waals surface area contributed by atoms with E-state index in [1.807, 2.05) is 18.2 Å². The van der Waals surface area contributed by atoms with E-state index >= 15 is 0 Å². The fourth-order valence-corrected chi connectivity index (χ4v) is 3.98. The lowest BCUT2D eigenvalue weighted by molar-refractivity contribution is -0.137. The molecule has 0 spiro atoms. The highest BCUT2D eigenvalue weighted by atomic mass is 32.2. The van der Waals surface area contributed by atoms with Crippen LogP contribution < -0.4 is 0 Å². The molecule has 0 bridgehead atoms. The summed E-state index contributed by atoms with van der Waals surface area (Å²) in [5.41, 5.74) is 0. The van der Waals surface area contributed by atoms with Gasteiger partial charge in [-0.25, -0.2) is 0 Å². The van der Waals surface area contributed by atoms with Crippen molar-refractivity contribution in [2.75, 3.05) is 5.75 Å². The second-order valence-electron chi connectivity index (χ2n) is 6.31. The highest BCUT2D eigenvalue weighted by Gasteiger charge is 2.29. The topological polar surface area (TPSA) is 74.6 Å². The van der Waals surface area contributed by atoms with E-state index < -0.39 is 5.97 Å². The number of rotatable bonds is 13. The molecule has 4 nitrogen and oxygen atoms in total. The summed E-state index contributed by atoms with van der Waals surface area (Å²) in [6, 6.07) is 0. The summed E-state index contributed by atoms with van der Waals surface area (Å²) >= 11 is 1.66. The third-order valence-electron chi connectivity index (χ3n) is 4.15. The Hall–Kier alpha value is -1.07. The molecule has 0 radical (unpaired) electrons. The lowest BCUT2D eigenvalue weighted by Gasteiger charge is -2.18. The summed E-state index contributed by atoms with van der Waals surface area (Å²) in [6.07, 6.45) is 13.7. The lowest BCUT2D eigenvalue weighted by Crippen LogP contribution is -2.20. The van der Waals surface area contributed by atoms with Crippen molar-refractivity contribution in [1.29, 1.82) is 0 Å². The second kappa shape index (κ2) is 12.3. The van der Waals surface area contributed by atoms with Crippen LogP contribution in [0.15, 0.2) is 24.3 Å². The van der Waals surface area contributed by atoms with Crippen molar-refractivity contribution in [2.24, 2.45) is 5.92 Å². The van der Waals surface area contributed by atoms with Gasteiger partial charge < -0.3 is 10.2 Å². The van der Waals surface area contributed by atoms with Crippen molar-refractivity contribution in [3.8, 4) is 0 Å². The third-order valence-corrected chi connectivity index (χ3v) is 5.60. The van der Waals surface area contributed by atoms with Gasteiger partial charge in [-0.15, -0.1) is 0 Å². The summed E-state index contributed by atoms with van der Waals surface area (Å²) < 4.78 is 0. The van der Waals surface area contributed by atoms with E-state index in [0.717, 1.165) is 32.1 Å². The molecule has 1 rings (SSSR count). The Balaban J connectivity index is 2.28. The monoisotopic (exact) mass is 354 g/mol. The Bertz CT molecular complexity index is 445. The summed E-state index contributed by atoms with van der Waals surface area (Å²) in [5, 5.41) is 18.7. The van der Waals surface area contributed by atoms with Gasteiger partial charge in [0.1, 0.15) is 0 Å². The van der Waals surface area contributed by atoms with E-state index in [9.17, 15) is 14.7 Å². The van der Waals surface area contributed by atoms with Crippen LogP contribution in [-0.2, 0) is 9.59 Å². The van der Waals surface area contributed by atoms with Crippen LogP contribution in [0.5, 0.6) is 0 Å². The first-order valence-corrected chi connectivity index (χ1v) is 9.98. The van der Waals surface area contributed by atoms with Gasteiger partial charge in [0.05, 0.1) is 6.10 Å². The zero-order chi connectivity index (χ0) is 17.8. The molecule has 0 saturated heterocycles. The van der Waals surface area contributed by atoms with Crippen LogP contribution in [0.3, 0.4) is 0 Å². The van der Waals surface area contributed by atoms with E-state index in [-0.39, 0.29) is 29.5 Å². The number of carbonyl (C=O) groups excluding carboxylic acids is 1. The minimum absolute atomic E-state index is 0.0476. The van der Waals surface area contributed by atoms with Crippen LogP contribution in [0, 0.1) is 5.92 Å². The standard InChI is InChI=1S/C19H30O4S/c1-2-3-6-9-15(20)14-24-18-13-12-17(21)16(18)10-7-4-5-8-11-19(22)23/h4,7,12-13,15-16,18,20H,2-3,5-6,8-11,14H2,1H3,(H,22,23)/b7-4-. The number of aliphatic carboxylic acids is 1. The number of hydrogen-bond donors (Lipinski definition) is 2. The molecule has 0 saturated carbocycles. The van der Waals surface area contributed by atoms with Gasteiger partial charge in [0.15, 0.2) is 5.78 Å². The predicted molar refractivity (Wildman–Crippen MR) is 99.3 cm³/mol. The largest absolute Gasteiger partial charge is 0.481 e. The molecule has 0 aromatic heterocycles. The van der Waals surface area contributed by atoms with Crippen molar-refractivity contribution < 1.29 is 19.8 Å². The van der Waals surface area contributed by atoms with Crippen LogP contribution in [0.25, 0.3) is 0 Å². The van der Waals surface area contributed by atoms with Crippen LogP contribution in [0.1, 0.15) is 58.3 Å². The first-order valence-electron chi connectivity index (χ1n) is 8.93. The van der Waals surface area contributed by atoms with Crippen molar-refractivity contribution in [2.45, 2.75) is 69.6 Å². The Morgan fingerprint density at radius 3 is 2.83 bits per heavy atom. The number of carbonyl (C=O) groups is 2. The second-order valence-corrected chi connectivity index (χ2v) is 7.52. The maximum Gasteiger partial charge on any atom is 0.303 e. The molecule has 5 heteroatoms. The first kappa shape index (κ1) is 21.0. The van der Waals surface area contributed by atoms with Crippen LogP contribution in [0.4, 0.5) is 0 Å². The normalized spacial score (nSPS) is 21.7. The van der Waals surface area contributed by atoms with Gasteiger partial charge >= 0.3 is 5.97 Å². The van der Waals surface area contributed by atoms with Gasteiger partial charge in [-0.05, 0) is 31.8 Å². The average Bonchev–Trinajstić information content (AvgIpc) is 2.89. The zero-order valence-corrected chi connectivity index (χ0v) is 15.3. The molecule has 3 unspecified atom stereocenters. The molecule has 0 fully saturated rings. The highest BCUT2D eigenvalue weighted by molar-refractivity contribution is 8.00. The molecule has 0 aromatic carbocycles. The molecule has 3 atom stereocenters. The average molecular weight is 355 g/mol. The van der Waals surface area contributed by atoms with Crippen molar-refractivity contribution in [3.63, 3.8) is 0 Å². The van der Waals surface area contributed by atoms with Gasteiger partial charge in [0, 0.05) is 23.3 Å². The van der Waals surface area contributed by atoms with Crippen LogP contribution in [0.2, 0.25) is 0 Å². The Morgan fingerprint density at radius 1 is 1.33 bits per heavy atom. The predicted octanol–water partition coefficient (Wildman–Crippen LogP) is 3.99. The van der Waals surface area contributed by atoms with E-state index in [1.54, 1.807) is 17.8 Å². The number of carboxylic acids is 1. The number of aliphatic hydroxyl groups is 1. The van der Waals surface area contributed by atoms with E-state index in [2.05, 4.69) is 6.92 Å². The van der Waals surface area contributed by atoms with E-state index in [4.69, 9.17) is 5.11 Å². The number of thioether (sulfide) groups is 1. The number of hydrogen-bond acceptors (Lipinski definition) is 4. The Morgan fingerprint density at radius 2 is 2.12 bits per heavy atom. The van der Waals surface area contributed by atoms with E-state index in [0.29, 0.717) is 18.6 Å². The van der Waals surface area contributed by atoms with E-state index in [1.165, 1.54) is 0 Å². The molecule has 1 aliphatic carbocycles. The number of aliphatic hydroxyl groups excluding tert-OH is 1. The van der Waals surface area contributed by atoms with Crippen molar-refractivity contribution >= 4 is 23.5 Å². The summed E-state index contributed by atoms with van der Waals surface area (Å²) in [6.45, 7) is 2.15. The summed E-state index contributed by atoms with van der Waals surface area (Å²) in [7, 11) is 0. The van der Waals surface area contributed by atoms with Gasteiger partial charge in [0.25, 0.3) is 0 Å². The van der Waals surface area contributed by atoms with Crippen LogP contribution >= 0.6 is 11.8 Å². The van der Waals surface area contributed by atoms with Gasteiger partial charge in [-0.1, -0.05) is 44.4 Å². The molecule has 0 aliphatic heterocycles. The fourth-order valence-electron chi connectivity index (χ4n) is 2.70. The molecular formula is C19H30O4S. The number of allylic oxidation sites excluding steroid dienone is 3. The van der Waals surface area contributed by atoms with Gasteiger partial charge in [0.2, 0.25) is 0 Å². The quantitative estimate of drug-likeness (QED) is 0.386. The zero-order valence-electron chi connectivity index (χ0n) is 14.5. The highest BCUT2D eigenvalue weighted by Crippen LogP contribution is 2.31. The molecule has 2 N–H and O–H groups in total. The molecule has 0 amide bonds.